The molecule has 0 aliphatic carbocycles. The lowest BCUT2D eigenvalue weighted by Crippen LogP contribution is -2.48. The summed E-state index contributed by atoms with van der Waals surface area (Å²) in [6.07, 6.45) is -8.34. The van der Waals surface area contributed by atoms with E-state index in [0.29, 0.717) is 0 Å². The molecule has 7 heteroatoms. The van der Waals surface area contributed by atoms with Crippen molar-refractivity contribution >= 4 is 12.3 Å². The van der Waals surface area contributed by atoms with Crippen LogP contribution in [-0.2, 0) is 9.59 Å². The van der Waals surface area contributed by atoms with Crippen molar-refractivity contribution in [2.75, 3.05) is 0 Å². The number of hydrogen-bond donors (Lipinski definition) is 5. The van der Waals surface area contributed by atoms with E-state index in [2.05, 4.69) is 5.11 Å². The first-order valence-corrected chi connectivity index (χ1v) is 3.30. The predicted octanol–water partition coefficient (Wildman–Crippen LogP) is -3.29. The Hall–Kier alpha value is -1.02. The molecule has 5 N–H and O–H groups in total. The van der Waals surface area contributed by atoms with Gasteiger partial charge in [-0.05, 0) is 0 Å². The number of carboxylic acid groups (broad SMARTS) is 1. The van der Waals surface area contributed by atoms with Crippen LogP contribution in [0, 0.1) is 0 Å². The zero-order valence-electron chi connectivity index (χ0n) is 7.40. The molecule has 0 heterocycles. The highest BCUT2D eigenvalue weighted by molar-refractivity contribution is 5.73. The first-order chi connectivity index (χ1) is 6.45. The zero-order chi connectivity index (χ0) is 11.3. The van der Waals surface area contributed by atoms with Crippen LogP contribution >= 0.6 is 0 Å². The van der Waals surface area contributed by atoms with Gasteiger partial charge in [-0.2, -0.15) is 0 Å². The molecule has 0 rings (SSSR count). The van der Waals surface area contributed by atoms with Gasteiger partial charge in [-0.3, -0.25) is 0 Å². The summed E-state index contributed by atoms with van der Waals surface area (Å²) in [5, 5.41) is 38.8. The van der Waals surface area contributed by atoms with E-state index < -0.39 is 30.4 Å². The summed E-state index contributed by atoms with van der Waals surface area (Å²) in [7, 11) is 0. The van der Waals surface area contributed by atoms with Gasteiger partial charge in [-0.1, -0.05) is 0 Å². The van der Waals surface area contributed by atoms with Gasteiger partial charge in [0.15, 0.2) is 12.4 Å². The van der Waals surface area contributed by atoms with Gasteiger partial charge in [0, 0.05) is 0 Å². The predicted molar refractivity (Wildman–Crippen MR) is 37.7 cm³/mol. The zero-order valence-corrected chi connectivity index (χ0v) is 6.40. The van der Waals surface area contributed by atoms with E-state index in [4.69, 9.17) is 21.9 Å². The van der Waals surface area contributed by atoms with Crippen LogP contribution in [0.1, 0.15) is 0 Å². The Bertz CT molecular complexity index is 208. The monoisotopic (exact) mass is 195 g/mol. The molecule has 13 heavy (non-hydrogen) atoms. The van der Waals surface area contributed by atoms with Crippen molar-refractivity contribution in [1.82, 2.24) is 0 Å². The number of rotatable bonds is 5. The third-order valence-electron chi connectivity index (χ3n) is 1.40. The fourth-order valence-electron chi connectivity index (χ4n) is 0.609. The van der Waals surface area contributed by atoms with E-state index in [-0.39, 0.29) is 6.29 Å². The third kappa shape index (κ3) is 3.07. The second-order valence-corrected chi connectivity index (χ2v) is 2.37. The number of aldehydes is 1. The number of aliphatic hydroxyl groups is 4. The molecule has 0 saturated carbocycles. The Kier molecular flexibility index (Phi) is 3.77. The molecule has 0 aliphatic heterocycles. The normalized spacial score (nSPS) is 20.8. The first kappa shape index (κ1) is 10.1. The van der Waals surface area contributed by atoms with Crippen LogP contribution in [0.4, 0.5) is 0 Å². The fourth-order valence-corrected chi connectivity index (χ4v) is 0.609. The molecule has 0 aromatic heterocycles. The summed E-state index contributed by atoms with van der Waals surface area (Å²) in [5.41, 5.74) is 0. The largest absolute Gasteiger partial charge is 0.479 e. The highest BCUT2D eigenvalue weighted by atomic mass is 16.4. The minimum atomic E-state index is -2.20. The molecule has 0 radical (unpaired) electrons. The molecule has 0 spiro atoms. The van der Waals surface area contributed by atoms with Crippen molar-refractivity contribution in [2.45, 2.75) is 24.4 Å². The molecule has 0 aliphatic rings. The van der Waals surface area contributed by atoms with E-state index >= 15 is 0 Å². The maximum atomic E-state index is 10.5. The first-order valence-electron chi connectivity index (χ1n) is 3.71. The van der Waals surface area contributed by atoms with Gasteiger partial charge in [0.05, 0.1) is 0 Å². The van der Waals surface area contributed by atoms with Gasteiger partial charge >= 0.3 is 5.97 Å². The molecule has 0 aromatic carbocycles. The SMILES string of the molecule is [2H]OC(=O)[C@@H](O)[C@H](O)[C@@H](O)[C@@H](O)C=O. The summed E-state index contributed by atoms with van der Waals surface area (Å²) in [6, 6.07) is 0. The van der Waals surface area contributed by atoms with E-state index in [1.54, 1.807) is 0 Å². The van der Waals surface area contributed by atoms with Crippen molar-refractivity contribution in [1.29, 1.82) is 1.43 Å². The lowest BCUT2D eigenvalue weighted by atomic mass is 10.0. The van der Waals surface area contributed by atoms with Crippen LogP contribution in [0.2, 0.25) is 0 Å². The van der Waals surface area contributed by atoms with E-state index in [9.17, 15) is 9.59 Å². The second-order valence-electron chi connectivity index (χ2n) is 2.37. The smallest absolute Gasteiger partial charge is 0.335 e. The van der Waals surface area contributed by atoms with Crippen LogP contribution in [0.15, 0.2) is 0 Å². The molecule has 4 atom stereocenters. The number of hydrogen-bond acceptors (Lipinski definition) is 7. The van der Waals surface area contributed by atoms with E-state index in [1.165, 1.54) is 0 Å². The lowest BCUT2D eigenvalue weighted by Gasteiger charge is -2.21. The number of carboxylic acids is 1. The minimum Gasteiger partial charge on any atom is -0.479 e. The average Bonchev–Trinajstić information content (AvgIpc) is 2.23. The van der Waals surface area contributed by atoms with Crippen LogP contribution in [0.25, 0.3) is 1.43 Å². The Morgan fingerprint density at radius 3 is 2.15 bits per heavy atom. The molecule has 76 valence electrons. The fraction of sp³-hybridized carbons (Fsp3) is 0.667. The van der Waals surface area contributed by atoms with Gasteiger partial charge in [-0.15, -0.1) is 0 Å². The number of aliphatic carboxylic acids is 1. The third-order valence-corrected chi connectivity index (χ3v) is 1.40. The highest BCUT2D eigenvalue weighted by Gasteiger charge is 2.33. The Morgan fingerprint density at radius 1 is 1.23 bits per heavy atom. The summed E-state index contributed by atoms with van der Waals surface area (Å²) in [5.74, 6) is -1.50. The molecule has 0 amide bonds. The lowest BCUT2D eigenvalue weighted by molar-refractivity contribution is -0.163. The van der Waals surface area contributed by atoms with Crippen molar-refractivity contribution < 1.29 is 35.1 Å². The Labute approximate surface area is 74.3 Å². The van der Waals surface area contributed by atoms with Gasteiger partial charge in [0.1, 0.15) is 18.3 Å². The maximum Gasteiger partial charge on any atom is 0.335 e. The minimum absolute atomic E-state index is 0.0768. The topological polar surface area (TPSA) is 135 Å². The van der Waals surface area contributed by atoms with Crippen LogP contribution in [-0.4, -0.2) is 62.2 Å². The van der Waals surface area contributed by atoms with Gasteiger partial charge in [0.25, 0.3) is 1.43 Å². The summed E-state index contributed by atoms with van der Waals surface area (Å²) in [4.78, 5) is 20.4. The molecule has 0 fully saturated rings. The van der Waals surface area contributed by atoms with Crippen molar-refractivity contribution in [3.05, 3.63) is 0 Å². The standard InChI is InChI=1S/C6H10O7/c7-1-2(8)3(9)4(10)5(11)6(12)13/h1-5,8-11H,(H,12,13)/t2-,3-,4+,5-/m0/s1/i/hD. The van der Waals surface area contributed by atoms with E-state index in [1.807, 2.05) is 0 Å². The summed E-state index contributed by atoms with van der Waals surface area (Å²) in [6.45, 7) is 0. The number of aliphatic hydroxyl groups excluding tert-OH is 4. The van der Waals surface area contributed by atoms with Crippen molar-refractivity contribution in [3.63, 3.8) is 0 Å². The number of carbonyl (C=O) groups is 2. The van der Waals surface area contributed by atoms with E-state index in [0.717, 1.165) is 0 Å². The maximum absolute atomic E-state index is 10.5. The summed E-state index contributed by atoms with van der Waals surface area (Å²) >= 11 is 0. The van der Waals surface area contributed by atoms with Crippen LogP contribution in [0.5, 0.6) is 0 Å². The van der Waals surface area contributed by atoms with Crippen LogP contribution < -0.4 is 0 Å². The van der Waals surface area contributed by atoms with Crippen LogP contribution in [0.3, 0.4) is 0 Å². The van der Waals surface area contributed by atoms with Gasteiger partial charge < -0.3 is 30.3 Å². The molecule has 0 unspecified atom stereocenters. The average molecular weight is 195 g/mol. The van der Waals surface area contributed by atoms with Crippen molar-refractivity contribution in [2.24, 2.45) is 0 Å². The molecule has 0 bridgehead atoms. The van der Waals surface area contributed by atoms with Crippen molar-refractivity contribution in [3.8, 4) is 0 Å². The molecular weight excluding hydrogens is 184 g/mol. The molecule has 0 aromatic rings. The molecule has 7 nitrogen and oxygen atoms in total. The summed E-state index contributed by atoms with van der Waals surface area (Å²) < 4.78 is 6.09. The number of carbonyl (C=O) groups excluding carboxylic acids is 1. The highest BCUT2D eigenvalue weighted by Crippen LogP contribution is 2.03. The van der Waals surface area contributed by atoms with Gasteiger partial charge in [-0.25, -0.2) is 4.79 Å². The molecule has 0 saturated heterocycles. The molecular formula is C6H10O7. The second kappa shape index (κ2) is 4.87. The Morgan fingerprint density at radius 2 is 1.77 bits per heavy atom. The Balaban J connectivity index is 4.37. The van der Waals surface area contributed by atoms with Gasteiger partial charge in [0.2, 0.25) is 0 Å². The quantitative estimate of drug-likeness (QED) is 0.290.